The number of carbonyl (C=O) groups is 2. The summed E-state index contributed by atoms with van der Waals surface area (Å²) >= 11 is 0. The summed E-state index contributed by atoms with van der Waals surface area (Å²) in [5.41, 5.74) is 0.768. The number of amides is 2. The maximum Gasteiger partial charge on any atom is 0.246 e. The van der Waals surface area contributed by atoms with E-state index in [1.165, 1.54) is 4.90 Å². The van der Waals surface area contributed by atoms with Crippen LogP contribution in [0.1, 0.15) is 24.0 Å². The lowest BCUT2D eigenvalue weighted by Gasteiger charge is -2.43. The third-order valence-electron chi connectivity index (χ3n) is 6.81. The molecule has 3 saturated heterocycles. The molecule has 0 aliphatic carbocycles. The van der Waals surface area contributed by atoms with Crippen LogP contribution >= 0.6 is 0 Å². The molecule has 33 heavy (non-hydrogen) atoms. The maximum absolute atomic E-state index is 13.2. The summed E-state index contributed by atoms with van der Waals surface area (Å²) in [6.07, 6.45) is 8.46. The molecule has 0 radical (unpaired) electrons. The van der Waals surface area contributed by atoms with Crippen LogP contribution in [-0.4, -0.2) is 74.8 Å². The summed E-state index contributed by atoms with van der Waals surface area (Å²) in [5.74, 6) is 2.94. The highest BCUT2D eigenvalue weighted by molar-refractivity contribution is 5.89. The van der Waals surface area contributed by atoms with Gasteiger partial charge < -0.3 is 14.9 Å². The number of nitrogens with one attached hydrogen (secondary N) is 1. The molecule has 170 valence electrons. The summed E-state index contributed by atoms with van der Waals surface area (Å²) in [7, 11) is 0. The van der Waals surface area contributed by atoms with Crippen molar-refractivity contribution < 1.29 is 14.7 Å². The number of hydrogen-bond acceptors (Lipinski definition) is 7. The predicted octanol–water partition coefficient (Wildman–Crippen LogP) is 0.163. The van der Waals surface area contributed by atoms with Gasteiger partial charge in [-0.1, -0.05) is 36.3 Å². The van der Waals surface area contributed by atoms with Crippen molar-refractivity contribution in [2.24, 2.45) is 5.92 Å². The summed E-state index contributed by atoms with van der Waals surface area (Å²) in [5, 5.41) is 13.6. The molecule has 2 amide bonds. The molecular formula is C24H26N6O3. The molecule has 1 spiro atoms. The highest BCUT2D eigenvalue weighted by atomic mass is 16.3. The Bertz CT molecular complexity index is 1070. The molecule has 0 saturated carbocycles. The topological polar surface area (TPSA) is 102 Å². The van der Waals surface area contributed by atoms with Crippen LogP contribution in [0, 0.1) is 18.3 Å². The molecule has 1 unspecified atom stereocenters. The molecule has 3 aliphatic rings. The van der Waals surface area contributed by atoms with E-state index in [0.717, 1.165) is 5.56 Å². The van der Waals surface area contributed by atoms with Crippen LogP contribution in [0.4, 0.5) is 5.95 Å². The second-order valence-corrected chi connectivity index (χ2v) is 8.86. The summed E-state index contributed by atoms with van der Waals surface area (Å²) in [6, 6.07) is 9.61. The second kappa shape index (κ2) is 8.46. The number of benzene rings is 1. The number of aromatic nitrogens is 2. The lowest BCUT2D eigenvalue weighted by Crippen LogP contribution is -2.60. The lowest BCUT2D eigenvalue weighted by atomic mass is 9.86. The number of aliphatic hydroxyl groups is 1. The smallest absolute Gasteiger partial charge is 0.246 e. The van der Waals surface area contributed by atoms with Crippen molar-refractivity contribution in [3.63, 3.8) is 0 Å². The van der Waals surface area contributed by atoms with Gasteiger partial charge >= 0.3 is 0 Å². The van der Waals surface area contributed by atoms with Gasteiger partial charge in [-0.3, -0.25) is 19.8 Å². The lowest BCUT2D eigenvalue weighted by molar-refractivity contribution is -0.143. The van der Waals surface area contributed by atoms with Gasteiger partial charge in [0.05, 0.1) is 11.5 Å². The Labute approximate surface area is 192 Å². The molecule has 1 atom stereocenters. The Morgan fingerprint density at radius 2 is 1.85 bits per heavy atom. The van der Waals surface area contributed by atoms with Crippen molar-refractivity contribution in [3.8, 4) is 12.3 Å². The zero-order valence-electron chi connectivity index (χ0n) is 18.2. The van der Waals surface area contributed by atoms with Gasteiger partial charge in [0.25, 0.3) is 0 Å². The number of anilines is 1. The molecule has 4 heterocycles. The standard InChI is InChI=1S/C24H26N6O3/c1-2-17-12-25-22(26-13-17)29-15-19(16-29)20(31)28-10-8-24(9-11-28)21(32)30(23(33)27-24)14-18-6-4-3-5-7-18/h1,3-7,12-13,19,23,27,33H,8-11,14-16H2. The minimum absolute atomic E-state index is 0.0912. The highest BCUT2D eigenvalue weighted by Crippen LogP contribution is 2.33. The number of rotatable bonds is 4. The van der Waals surface area contributed by atoms with Crippen LogP contribution in [0.25, 0.3) is 0 Å². The normalized spacial score (nSPS) is 22.4. The van der Waals surface area contributed by atoms with Crippen LogP contribution in [0.15, 0.2) is 42.7 Å². The molecule has 2 N–H and O–H groups in total. The summed E-state index contributed by atoms with van der Waals surface area (Å²) in [4.78, 5) is 39.9. The molecule has 9 heteroatoms. The van der Waals surface area contributed by atoms with Gasteiger partial charge in [0, 0.05) is 45.1 Å². The van der Waals surface area contributed by atoms with Gasteiger partial charge in [0.1, 0.15) is 5.54 Å². The fourth-order valence-electron chi connectivity index (χ4n) is 4.79. The van der Waals surface area contributed by atoms with Crippen LogP contribution in [0.2, 0.25) is 0 Å². The SMILES string of the molecule is C#Cc1cnc(N2CC(C(=O)N3CCC4(CC3)NC(O)N(Cc3ccccc3)C4=O)C2)nc1. The highest BCUT2D eigenvalue weighted by Gasteiger charge is 2.52. The van der Waals surface area contributed by atoms with E-state index < -0.39 is 11.9 Å². The van der Waals surface area contributed by atoms with Gasteiger partial charge in [-0.05, 0) is 18.4 Å². The van der Waals surface area contributed by atoms with Gasteiger partial charge in [-0.25, -0.2) is 9.97 Å². The molecule has 3 fully saturated rings. The molecule has 1 aromatic carbocycles. The number of piperidine rings is 1. The van der Waals surface area contributed by atoms with E-state index in [4.69, 9.17) is 6.42 Å². The number of carbonyl (C=O) groups excluding carboxylic acids is 2. The first-order valence-electron chi connectivity index (χ1n) is 11.1. The monoisotopic (exact) mass is 446 g/mol. The molecule has 9 nitrogen and oxygen atoms in total. The number of terminal acetylenes is 1. The minimum atomic E-state index is -1.03. The van der Waals surface area contributed by atoms with E-state index in [-0.39, 0.29) is 17.7 Å². The van der Waals surface area contributed by atoms with Crippen LogP contribution in [-0.2, 0) is 16.1 Å². The maximum atomic E-state index is 13.2. The average Bonchev–Trinajstić information content (AvgIpc) is 3.03. The second-order valence-electron chi connectivity index (χ2n) is 8.86. The molecule has 0 bridgehead atoms. The third-order valence-corrected chi connectivity index (χ3v) is 6.81. The Kier molecular flexibility index (Phi) is 5.48. The molecule has 5 rings (SSSR count). The number of hydrogen-bond donors (Lipinski definition) is 2. The van der Waals surface area contributed by atoms with Crippen molar-refractivity contribution in [1.29, 1.82) is 0 Å². The van der Waals surface area contributed by atoms with Crippen molar-refractivity contribution >= 4 is 17.8 Å². The number of nitrogens with zero attached hydrogens (tertiary/aromatic N) is 5. The Morgan fingerprint density at radius 1 is 1.18 bits per heavy atom. The van der Waals surface area contributed by atoms with E-state index >= 15 is 0 Å². The zero-order valence-corrected chi connectivity index (χ0v) is 18.2. The molecule has 2 aromatic rings. The Balaban J connectivity index is 1.15. The summed E-state index contributed by atoms with van der Waals surface area (Å²) in [6.45, 7) is 2.44. The molecule has 1 aromatic heterocycles. The fraction of sp³-hybridized carbons (Fsp3) is 0.417. The third kappa shape index (κ3) is 3.92. The van der Waals surface area contributed by atoms with Gasteiger partial charge in [-0.15, -0.1) is 6.42 Å². The van der Waals surface area contributed by atoms with Crippen molar-refractivity contribution in [3.05, 3.63) is 53.9 Å². The Hall–Kier alpha value is -3.48. The number of likely N-dealkylation sites (tertiary alicyclic amines) is 1. The van der Waals surface area contributed by atoms with E-state index in [9.17, 15) is 14.7 Å². The average molecular weight is 447 g/mol. The minimum Gasteiger partial charge on any atom is -0.361 e. The van der Waals surface area contributed by atoms with E-state index in [1.807, 2.05) is 40.1 Å². The van der Waals surface area contributed by atoms with Crippen molar-refractivity contribution in [2.75, 3.05) is 31.1 Å². The van der Waals surface area contributed by atoms with Gasteiger partial charge in [-0.2, -0.15) is 0 Å². The van der Waals surface area contributed by atoms with E-state index in [2.05, 4.69) is 21.2 Å². The Morgan fingerprint density at radius 3 is 2.48 bits per heavy atom. The van der Waals surface area contributed by atoms with Gasteiger partial charge in [0.15, 0.2) is 6.35 Å². The van der Waals surface area contributed by atoms with Crippen LogP contribution in [0.5, 0.6) is 0 Å². The van der Waals surface area contributed by atoms with E-state index in [0.29, 0.717) is 57.1 Å². The first-order chi connectivity index (χ1) is 16.0. The predicted molar refractivity (Wildman–Crippen MR) is 120 cm³/mol. The first-order valence-corrected chi connectivity index (χ1v) is 11.1. The molecular weight excluding hydrogens is 420 g/mol. The van der Waals surface area contributed by atoms with Crippen molar-refractivity contribution in [1.82, 2.24) is 25.1 Å². The fourth-order valence-corrected chi connectivity index (χ4v) is 4.79. The largest absolute Gasteiger partial charge is 0.361 e. The molecule has 3 aliphatic heterocycles. The first kappa shape index (κ1) is 21.4. The van der Waals surface area contributed by atoms with Gasteiger partial charge in [0.2, 0.25) is 17.8 Å². The number of aliphatic hydroxyl groups excluding tert-OH is 1. The summed E-state index contributed by atoms with van der Waals surface area (Å²) < 4.78 is 0. The van der Waals surface area contributed by atoms with E-state index in [1.54, 1.807) is 12.4 Å². The van der Waals surface area contributed by atoms with Crippen LogP contribution in [0.3, 0.4) is 0 Å². The quantitative estimate of drug-likeness (QED) is 0.646. The zero-order chi connectivity index (χ0) is 23.0. The van der Waals surface area contributed by atoms with Crippen LogP contribution < -0.4 is 10.2 Å². The van der Waals surface area contributed by atoms with Crippen molar-refractivity contribution in [2.45, 2.75) is 31.3 Å².